The van der Waals surface area contributed by atoms with Crippen molar-refractivity contribution in [1.82, 2.24) is 14.8 Å². The van der Waals surface area contributed by atoms with Gasteiger partial charge in [0.25, 0.3) is 0 Å². The molecule has 6 nitrogen and oxygen atoms in total. The molecule has 1 atom stereocenters. The zero-order valence-electron chi connectivity index (χ0n) is 12.8. The van der Waals surface area contributed by atoms with E-state index in [0.717, 1.165) is 5.69 Å². The fourth-order valence-corrected chi connectivity index (χ4v) is 2.18. The molecule has 0 saturated carbocycles. The summed E-state index contributed by atoms with van der Waals surface area (Å²) in [6, 6.07) is 5.09. The van der Waals surface area contributed by atoms with Crippen LogP contribution in [-0.2, 0) is 11.3 Å². The van der Waals surface area contributed by atoms with E-state index in [1.165, 1.54) is 0 Å². The highest BCUT2D eigenvalue weighted by Crippen LogP contribution is 2.10. The Balaban J connectivity index is 2.78. The molecule has 6 heteroatoms. The van der Waals surface area contributed by atoms with Crippen molar-refractivity contribution in [2.45, 2.75) is 39.8 Å². The second kappa shape index (κ2) is 8.24. The van der Waals surface area contributed by atoms with E-state index in [1.807, 2.05) is 32.0 Å². The number of carboxylic acid groups (broad SMARTS) is 1. The Morgan fingerprint density at radius 3 is 2.48 bits per heavy atom. The molecular formula is C15H23N3O3. The number of nitrogens with zero attached hydrogens (tertiary/aromatic N) is 3. The Morgan fingerprint density at radius 2 is 2.00 bits per heavy atom. The number of rotatable bonds is 7. The van der Waals surface area contributed by atoms with E-state index in [0.29, 0.717) is 19.6 Å². The average molecular weight is 293 g/mol. The minimum atomic E-state index is -0.901. The molecule has 0 bridgehead atoms. The van der Waals surface area contributed by atoms with Crippen LogP contribution < -0.4 is 0 Å². The Morgan fingerprint density at radius 1 is 1.29 bits per heavy atom. The first-order valence-electron chi connectivity index (χ1n) is 7.16. The van der Waals surface area contributed by atoms with Crippen LogP contribution in [0.15, 0.2) is 24.4 Å². The summed E-state index contributed by atoms with van der Waals surface area (Å²) in [4.78, 5) is 30.9. The molecular weight excluding hydrogens is 270 g/mol. The summed E-state index contributed by atoms with van der Waals surface area (Å²) in [7, 11) is 0. The normalized spacial score (nSPS) is 11.8. The number of carboxylic acids is 1. The van der Waals surface area contributed by atoms with E-state index in [1.54, 1.807) is 22.9 Å². The summed E-state index contributed by atoms with van der Waals surface area (Å²) >= 11 is 0. The molecule has 2 amide bonds. The minimum Gasteiger partial charge on any atom is -0.481 e. The van der Waals surface area contributed by atoms with Gasteiger partial charge in [-0.15, -0.1) is 0 Å². The quantitative estimate of drug-likeness (QED) is 0.836. The van der Waals surface area contributed by atoms with Crippen LogP contribution >= 0.6 is 0 Å². The summed E-state index contributed by atoms with van der Waals surface area (Å²) < 4.78 is 0. The zero-order valence-corrected chi connectivity index (χ0v) is 12.8. The maximum atomic E-state index is 12.6. The predicted octanol–water partition coefficient (Wildman–Crippen LogP) is 2.21. The van der Waals surface area contributed by atoms with Gasteiger partial charge in [0.2, 0.25) is 0 Å². The van der Waals surface area contributed by atoms with Crippen LogP contribution in [-0.4, -0.2) is 51.0 Å². The van der Waals surface area contributed by atoms with Crippen LogP contribution in [0.25, 0.3) is 0 Å². The van der Waals surface area contributed by atoms with Crippen molar-refractivity contribution in [3.8, 4) is 0 Å². The summed E-state index contributed by atoms with van der Waals surface area (Å²) in [5.41, 5.74) is 0.814. The number of aromatic nitrogens is 1. The van der Waals surface area contributed by atoms with Gasteiger partial charge in [0.15, 0.2) is 0 Å². The van der Waals surface area contributed by atoms with Crippen LogP contribution in [0.2, 0.25) is 0 Å². The lowest BCUT2D eigenvalue weighted by molar-refractivity contribution is -0.138. The van der Waals surface area contributed by atoms with Crippen LogP contribution in [0.1, 0.15) is 32.9 Å². The van der Waals surface area contributed by atoms with Crippen LogP contribution in [0.4, 0.5) is 4.79 Å². The first-order chi connectivity index (χ1) is 9.99. The third kappa shape index (κ3) is 5.06. The lowest BCUT2D eigenvalue weighted by Gasteiger charge is -2.32. The molecule has 21 heavy (non-hydrogen) atoms. The summed E-state index contributed by atoms with van der Waals surface area (Å²) in [6.45, 7) is 6.95. The van der Waals surface area contributed by atoms with E-state index >= 15 is 0 Å². The standard InChI is InChI=1S/C15H23N3O3/c1-4-17(11-13-8-6-7-9-16-13)15(21)18(5-2)12(3)10-14(19)20/h6-9,12H,4-5,10-11H2,1-3H3,(H,19,20). The van der Waals surface area contributed by atoms with Crippen molar-refractivity contribution < 1.29 is 14.7 Å². The number of carbonyl (C=O) groups is 2. The SMILES string of the molecule is CCN(Cc1ccccn1)C(=O)N(CC)C(C)CC(=O)O. The molecule has 1 unspecified atom stereocenters. The maximum absolute atomic E-state index is 12.6. The highest BCUT2D eigenvalue weighted by Gasteiger charge is 2.24. The van der Waals surface area contributed by atoms with E-state index < -0.39 is 5.97 Å². The van der Waals surface area contributed by atoms with Gasteiger partial charge in [-0.1, -0.05) is 6.07 Å². The van der Waals surface area contributed by atoms with Crippen molar-refractivity contribution in [3.63, 3.8) is 0 Å². The van der Waals surface area contributed by atoms with Gasteiger partial charge in [-0.05, 0) is 32.9 Å². The lowest BCUT2D eigenvalue weighted by atomic mass is 10.2. The molecule has 1 rings (SSSR count). The fourth-order valence-electron chi connectivity index (χ4n) is 2.18. The van der Waals surface area contributed by atoms with Crippen LogP contribution in [0, 0.1) is 0 Å². The molecule has 1 aromatic rings. The number of hydrogen-bond donors (Lipinski definition) is 1. The maximum Gasteiger partial charge on any atom is 0.320 e. The Bertz CT molecular complexity index is 464. The third-order valence-electron chi connectivity index (χ3n) is 3.32. The van der Waals surface area contributed by atoms with Gasteiger partial charge in [-0.2, -0.15) is 0 Å². The Labute approximate surface area is 125 Å². The van der Waals surface area contributed by atoms with Gasteiger partial charge in [0.1, 0.15) is 0 Å². The van der Waals surface area contributed by atoms with Crippen molar-refractivity contribution in [2.24, 2.45) is 0 Å². The van der Waals surface area contributed by atoms with Crippen molar-refractivity contribution in [1.29, 1.82) is 0 Å². The largest absolute Gasteiger partial charge is 0.481 e. The van der Waals surface area contributed by atoms with Gasteiger partial charge in [-0.25, -0.2) is 4.79 Å². The van der Waals surface area contributed by atoms with Crippen molar-refractivity contribution >= 4 is 12.0 Å². The Hall–Kier alpha value is -2.11. The van der Waals surface area contributed by atoms with Gasteiger partial charge >= 0.3 is 12.0 Å². The molecule has 1 aromatic heterocycles. The van der Waals surface area contributed by atoms with Gasteiger partial charge in [0.05, 0.1) is 18.7 Å². The first-order valence-corrected chi connectivity index (χ1v) is 7.16. The zero-order chi connectivity index (χ0) is 15.8. The molecule has 1 heterocycles. The van der Waals surface area contributed by atoms with E-state index in [4.69, 9.17) is 5.11 Å². The van der Waals surface area contributed by atoms with Crippen molar-refractivity contribution in [2.75, 3.05) is 13.1 Å². The summed E-state index contributed by atoms with van der Waals surface area (Å²) in [5.74, 6) is -0.901. The second-order valence-electron chi connectivity index (χ2n) is 4.85. The first kappa shape index (κ1) is 16.9. The molecule has 116 valence electrons. The van der Waals surface area contributed by atoms with Gasteiger partial charge < -0.3 is 14.9 Å². The Kier molecular flexibility index (Phi) is 6.65. The molecule has 0 saturated heterocycles. The molecule has 0 fully saturated rings. The number of amides is 2. The second-order valence-corrected chi connectivity index (χ2v) is 4.85. The van der Waals surface area contributed by atoms with E-state index in [9.17, 15) is 9.59 Å². The number of pyridine rings is 1. The van der Waals surface area contributed by atoms with Gasteiger partial charge in [-0.3, -0.25) is 9.78 Å². The number of urea groups is 1. The average Bonchev–Trinajstić information content (AvgIpc) is 2.45. The molecule has 0 aliphatic carbocycles. The molecule has 0 aliphatic rings. The number of aliphatic carboxylic acids is 1. The highest BCUT2D eigenvalue weighted by molar-refractivity contribution is 5.76. The number of carbonyl (C=O) groups excluding carboxylic acids is 1. The molecule has 0 radical (unpaired) electrons. The van der Waals surface area contributed by atoms with Gasteiger partial charge in [0, 0.05) is 25.3 Å². The fraction of sp³-hybridized carbons (Fsp3) is 0.533. The van der Waals surface area contributed by atoms with Crippen LogP contribution in [0.5, 0.6) is 0 Å². The van der Waals surface area contributed by atoms with Crippen molar-refractivity contribution in [3.05, 3.63) is 30.1 Å². The van der Waals surface area contributed by atoms with E-state index in [2.05, 4.69) is 4.98 Å². The molecule has 1 N–H and O–H groups in total. The monoisotopic (exact) mass is 293 g/mol. The predicted molar refractivity (Wildman–Crippen MR) is 79.8 cm³/mol. The molecule has 0 aliphatic heterocycles. The number of hydrogen-bond acceptors (Lipinski definition) is 3. The molecule has 0 aromatic carbocycles. The van der Waals surface area contributed by atoms with E-state index in [-0.39, 0.29) is 18.5 Å². The third-order valence-corrected chi connectivity index (χ3v) is 3.32. The topological polar surface area (TPSA) is 73.7 Å². The minimum absolute atomic E-state index is 0.0548. The highest BCUT2D eigenvalue weighted by atomic mass is 16.4. The summed E-state index contributed by atoms with van der Waals surface area (Å²) in [5, 5.41) is 8.88. The van der Waals surface area contributed by atoms with Crippen LogP contribution in [0.3, 0.4) is 0 Å². The molecule has 0 spiro atoms. The smallest absolute Gasteiger partial charge is 0.320 e. The lowest BCUT2D eigenvalue weighted by Crippen LogP contribution is -2.47. The summed E-state index contributed by atoms with van der Waals surface area (Å²) in [6.07, 6.45) is 1.64.